The van der Waals surface area contributed by atoms with Crippen LogP contribution in [-0.4, -0.2) is 39.8 Å². The molecule has 0 spiro atoms. The van der Waals surface area contributed by atoms with Gasteiger partial charge in [-0.1, -0.05) is 56.0 Å². The summed E-state index contributed by atoms with van der Waals surface area (Å²) in [6.07, 6.45) is 3.83. The van der Waals surface area contributed by atoms with Gasteiger partial charge < -0.3 is 10.1 Å². The Labute approximate surface area is 235 Å². The summed E-state index contributed by atoms with van der Waals surface area (Å²) < 4.78 is 5.84. The van der Waals surface area contributed by atoms with Crippen molar-refractivity contribution in [2.45, 2.75) is 75.3 Å². The van der Waals surface area contributed by atoms with E-state index in [4.69, 9.17) is 4.74 Å². The third-order valence-corrected chi connectivity index (χ3v) is 9.40. The molecule has 0 radical (unpaired) electrons. The third kappa shape index (κ3) is 6.62. The molecule has 1 aromatic carbocycles. The number of esters is 1. The molecule has 2 aromatic heterocycles. The van der Waals surface area contributed by atoms with Gasteiger partial charge in [0.2, 0.25) is 11.0 Å². The van der Waals surface area contributed by atoms with Crippen LogP contribution in [0.1, 0.15) is 84.2 Å². The zero-order valence-electron chi connectivity index (χ0n) is 22.2. The molecule has 0 saturated carbocycles. The Hall–Kier alpha value is -2.76. The highest BCUT2D eigenvalue weighted by atomic mass is 32.2. The Morgan fingerprint density at radius 3 is 2.45 bits per heavy atom. The molecule has 8 nitrogen and oxygen atoms in total. The van der Waals surface area contributed by atoms with Crippen LogP contribution in [0.3, 0.4) is 0 Å². The van der Waals surface area contributed by atoms with Gasteiger partial charge >= 0.3 is 5.97 Å². The number of ether oxygens (including phenoxy) is 1. The molecule has 1 aliphatic rings. The summed E-state index contributed by atoms with van der Waals surface area (Å²) in [5.41, 5.74) is 3.19. The van der Waals surface area contributed by atoms with E-state index in [1.165, 1.54) is 34.4 Å². The van der Waals surface area contributed by atoms with E-state index < -0.39 is 5.25 Å². The van der Waals surface area contributed by atoms with E-state index in [1.54, 1.807) is 26.0 Å². The average Bonchev–Trinajstić information content (AvgIpc) is 3.47. The molecule has 2 amide bonds. The first kappa shape index (κ1) is 28.3. The van der Waals surface area contributed by atoms with Crippen LogP contribution in [0.2, 0.25) is 0 Å². The highest BCUT2D eigenvalue weighted by Crippen LogP contribution is 2.39. The molecule has 2 heterocycles. The molecule has 1 atom stereocenters. The number of nitrogens with zero attached hydrogens (tertiary/aromatic N) is 2. The van der Waals surface area contributed by atoms with Crippen molar-refractivity contribution in [1.82, 2.24) is 10.2 Å². The van der Waals surface area contributed by atoms with Crippen molar-refractivity contribution in [1.29, 1.82) is 0 Å². The number of amides is 2. The molecule has 0 bridgehead atoms. The Morgan fingerprint density at radius 2 is 1.76 bits per heavy atom. The SMILES string of the molecule is CCOC(=O)c1c(NC(=O)C(C)Sc2nnc(NC(=O)c3ccc(C(C)(C)C)cc3)s2)sc2c1CCCC2. The van der Waals surface area contributed by atoms with Crippen LogP contribution in [0.4, 0.5) is 10.1 Å². The van der Waals surface area contributed by atoms with Crippen molar-refractivity contribution in [3.05, 3.63) is 51.4 Å². The highest BCUT2D eigenvalue weighted by molar-refractivity contribution is 8.02. The van der Waals surface area contributed by atoms with Gasteiger partial charge in [0.25, 0.3) is 5.91 Å². The van der Waals surface area contributed by atoms with Crippen molar-refractivity contribution >= 4 is 62.4 Å². The number of aryl methyl sites for hydroxylation is 1. The number of thiophene rings is 1. The van der Waals surface area contributed by atoms with E-state index in [-0.39, 0.29) is 29.8 Å². The normalized spacial score (nSPS) is 13.9. The van der Waals surface area contributed by atoms with Gasteiger partial charge in [0.1, 0.15) is 5.00 Å². The van der Waals surface area contributed by atoms with Gasteiger partial charge in [0.15, 0.2) is 4.34 Å². The Morgan fingerprint density at radius 1 is 1.05 bits per heavy atom. The van der Waals surface area contributed by atoms with Crippen LogP contribution >= 0.6 is 34.4 Å². The predicted octanol–water partition coefficient (Wildman–Crippen LogP) is 6.32. The third-order valence-electron chi connectivity index (χ3n) is 6.17. The quantitative estimate of drug-likeness (QED) is 0.184. The molecule has 1 aliphatic carbocycles. The molecule has 202 valence electrons. The monoisotopic (exact) mass is 572 g/mol. The first-order valence-electron chi connectivity index (χ1n) is 12.6. The van der Waals surface area contributed by atoms with Crippen molar-refractivity contribution in [3.63, 3.8) is 0 Å². The van der Waals surface area contributed by atoms with Gasteiger partial charge in [-0.2, -0.15) is 0 Å². The fraction of sp³-hybridized carbons (Fsp3) is 0.444. The number of fused-ring (bicyclic) bond motifs is 1. The number of aromatic nitrogens is 2. The molecule has 0 aliphatic heterocycles. The van der Waals surface area contributed by atoms with Gasteiger partial charge in [0.05, 0.1) is 17.4 Å². The lowest BCUT2D eigenvalue weighted by Gasteiger charge is -2.18. The number of benzene rings is 1. The minimum atomic E-state index is -0.495. The summed E-state index contributed by atoms with van der Waals surface area (Å²) in [7, 11) is 0. The number of rotatable bonds is 8. The maximum absolute atomic E-state index is 13.0. The average molecular weight is 573 g/mol. The molecule has 11 heteroatoms. The fourth-order valence-electron chi connectivity index (χ4n) is 4.09. The summed E-state index contributed by atoms with van der Waals surface area (Å²) in [5.74, 6) is -0.893. The number of carbonyl (C=O) groups excluding carboxylic acids is 3. The van der Waals surface area contributed by atoms with Gasteiger partial charge in [-0.15, -0.1) is 21.5 Å². The largest absolute Gasteiger partial charge is 0.462 e. The second-order valence-electron chi connectivity index (χ2n) is 10.0. The Bertz CT molecular complexity index is 1330. The molecule has 1 unspecified atom stereocenters. The standard InChI is InChI=1S/C27H32N4O4S3/c1-6-35-24(34)20-18-9-7-8-10-19(18)37-23(20)28-21(32)15(2)36-26-31-30-25(38-26)29-22(33)16-11-13-17(14-12-16)27(3,4)5/h11-15H,6-10H2,1-5H3,(H,28,32)(H,29,30,33). The Kier molecular flexibility index (Phi) is 8.89. The van der Waals surface area contributed by atoms with E-state index in [0.29, 0.717) is 25.6 Å². The van der Waals surface area contributed by atoms with E-state index in [0.717, 1.165) is 41.7 Å². The second-order valence-corrected chi connectivity index (χ2v) is 13.7. The number of nitrogens with one attached hydrogen (secondary N) is 2. The van der Waals surface area contributed by atoms with Gasteiger partial charge in [-0.05, 0) is 68.2 Å². The minimum Gasteiger partial charge on any atom is -0.462 e. The second kappa shape index (κ2) is 12.0. The summed E-state index contributed by atoms with van der Waals surface area (Å²) in [4.78, 5) is 39.5. The number of carbonyl (C=O) groups is 3. The number of hydrogen-bond donors (Lipinski definition) is 2. The molecule has 2 N–H and O–H groups in total. The minimum absolute atomic E-state index is 0.00655. The van der Waals surface area contributed by atoms with Crippen LogP contribution in [0.15, 0.2) is 28.6 Å². The first-order valence-corrected chi connectivity index (χ1v) is 15.1. The maximum Gasteiger partial charge on any atom is 0.341 e. The van der Waals surface area contributed by atoms with Gasteiger partial charge in [-0.25, -0.2) is 4.79 Å². The summed E-state index contributed by atoms with van der Waals surface area (Å²) in [6, 6.07) is 7.50. The molecule has 38 heavy (non-hydrogen) atoms. The van der Waals surface area contributed by atoms with Crippen LogP contribution in [-0.2, 0) is 27.8 Å². The van der Waals surface area contributed by atoms with Crippen LogP contribution in [0.5, 0.6) is 0 Å². The smallest absolute Gasteiger partial charge is 0.341 e. The van der Waals surface area contributed by atoms with Crippen molar-refractivity contribution in [2.24, 2.45) is 0 Å². The van der Waals surface area contributed by atoms with Crippen LogP contribution in [0, 0.1) is 0 Å². The lowest BCUT2D eigenvalue weighted by Crippen LogP contribution is -2.23. The highest BCUT2D eigenvalue weighted by Gasteiger charge is 2.28. The van der Waals surface area contributed by atoms with Crippen molar-refractivity contribution in [3.8, 4) is 0 Å². The zero-order chi connectivity index (χ0) is 27.4. The van der Waals surface area contributed by atoms with Crippen molar-refractivity contribution in [2.75, 3.05) is 17.2 Å². The van der Waals surface area contributed by atoms with Crippen molar-refractivity contribution < 1.29 is 19.1 Å². The Balaban J connectivity index is 1.38. The number of hydrogen-bond acceptors (Lipinski definition) is 9. The predicted molar refractivity (Wildman–Crippen MR) is 154 cm³/mol. The number of anilines is 2. The molecule has 0 saturated heterocycles. The molecule has 4 rings (SSSR count). The van der Waals surface area contributed by atoms with Crippen LogP contribution < -0.4 is 10.6 Å². The van der Waals surface area contributed by atoms with E-state index in [2.05, 4.69) is 41.6 Å². The van der Waals surface area contributed by atoms with Gasteiger partial charge in [0, 0.05) is 10.4 Å². The van der Waals surface area contributed by atoms with Gasteiger partial charge in [-0.3, -0.25) is 14.9 Å². The maximum atomic E-state index is 13.0. The topological polar surface area (TPSA) is 110 Å². The van der Waals surface area contributed by atoms with Crippen LogP contribution in [0.25, 0.3) is 0 Å². The molecular formula is C27H32N4O4S3. The van der Waals surface area contributed by atoms with E-state index >= 15 is 0 Å². The van der Waals surface area contributed by atoms with E-state index in [9.17, 15) is 14.4 Å². The summed E-state index contributed by atoms with van der Waals surface area (Å²) in [5, 5.41) is 14.3. The lowest BCUT2D eigenvalue weighted by molar-refractivity contribution is -0.115. The molecule has 3 aromatic rings. The lowest BCUT2D eigenvalue weighted by atomic mass is 9.87. The molecular weight excluding hydrogens is 541 g/mol. The first-order chi connectivity index (χ1) is 18.1. The molecule has 0 fully saturated rings. The van der Waals surface area contributed by atoms with E-state index in [1.807, 2.05) is 12.1 Å². The number of thioether (sulfide) groups is 1. The fourth-order valence-corrected chi connectivity index (χ4v) is 7.26. The summed E-state index contributed by atoms with van der Waals surface area (Å²) in [6.45, 7) is 10.2. The summed E-state index contributed by atoms with van der Waals surface area (Å²) >= 11 is 3.92. The zero-order valence-corrected chi connectivity index (χ0v) is 24.6.